The molecule has 6 heteroatoms. The smallest absolute Gasteiger partial charge is 0.240 e. The molecule has 0 aliphatic carbocycles. The zero-order valence-corrected chi connectivity index (χ0v) is 14.5. The molecule has 0 radical (unpaired) electrons. The summed E-state index contributed by atoms with van der Waals surface area (Å²) in [5.41, 5.74) is 9.88. The lowest BCUT2D eigenvalue weighted by Gasteiger charge is -2.29. The van der Waals surface area contributed by atoms with E-state index in [4.69, 9.17) is 5.73 Å². The van der Waals surface area contributed by atoms with Crippen LogP contribution in [0, 0.1) is 0 Å². The highest BCUT2D eigenvalue weighted by Crippen LogP contribution is 2.30. The normalized spacial score (nSPS) is 21.1. The van der Waals surface area contributed by atoms with Crippen LogP contribution in [0.3, 0.4) is 0 Å². The van der Waals surface area contributed by atoms with Gasteiger partial charge in [0.15, 0.2) is 5.96 Å². The molecule has 1 aromatic carbocycles. The van der Waals surface area contributed by atoms with E-state index in [2.05, 4.69) is 35.2 Å². The summed E-state index contributed by atoms with van der Waals surface area (Å²) < 4.78 is 1.83. The average Bonchev–Trinajstić information content (AvgIpc) is 2.94. The lowest BCUT2D eigenvalue weighted by Crippen LogP contribution is -2.48. The van der Waals surface area contributed by atoms with Crippen LogP contribution in [0.2, 0.25) is 0 Å². The van der Waals surface area contributed by atoms with E-state index in [1.54, 1.807) is 7.05 Å². The summed E-state index contributed by atoms with van der Waals surface area (Å²) in [5.74, 6) is -0.214. The molecule has 2 aromatic rings. The summed E-state index contributed by atoms with van der Waals surface area (Å²) in [5, 5.41) is 4.59. The van der Waals surface area contributed by atoms with Crippen LogP contribution in [0.15, 0.2) is 35.3 Å². The van der Waals surface area contributed by atoms with Crippen molar-refractivity contribution >= 4 is 11.9 Å². The largest absolute Gasteiger partial charge is 0.369 e. The number of likely N-dealkylation sites (N-methyl/N-ethyl adjacent to an activating group) is 1. The van der Waals surface area contributed by atoms with Gasteiger partial charge in [-0.05, 0) is 31.0 Å². The molecule has 2 N–H and O–H groups in total. The van der Waals surface area contributed by atoms with Gasteiger partial charge in [-0.25, -0.2) is 4.99 Å². The standard InChI is InChI=1S/C18H23N5O/c1-5-12-7-6-8-13(9-12)15-10-14(21-23(15)4)16-11(2)20-18(19)22(3)17(16)24/h6-11,16H,5H2,1-4H3,(H2,19,20)/t11-,16?/m0/s1. The third-order valence-electron chi connectivity index (χ3n) is 4.61. The van der Waals surface area contributed by atoms with Gasteiger partial charge >= 0.3 is 0 Å². The first kappa shape index (κ1) is 16.2. The lowest BCUT2D eigenvalue weighted by atomic mass is 9.94. The molecule has 0 fully saturated rings. The van der Waals surface area contributed by atoms with E-state index in [0.29, 0.717) is 0 Å². The number of hydrogen-bond acceptors (Lipinski definition) is 4. The van der Waals surface area contributed by atoms with E-state index in [9.17, 15) is 4.79 Å². The Hall–Kier alpha value is -2.63. The molecule has 3 rings (SSSR count). The number of nitrogens with two attached hydrogens (primary N) is 1. The van der Waals surface area contributed by atoms with Crippen molar-refractivity contribution in [3.63, 3.8) is 0 Å². The van der Waals surface area contributed by atoms with Crippen LogP contribution in [0.4, 0.5) is 0 Å². The Labute approximate surface area is 142 Å². The Morgan fingerprint density at radius 2 is 2.00 bits per heavy atom. The van der Waals surface area contributed by atoms with Crippen molar-refractivity contribution in [2.24, 2.45) is 17.8 Å². The lowest BCUT2D eigenvalue weighted by molar-refractivity contribution is -0.129. The molecular formula is C18H23N5O. The Bertz CT molecular complexity index is 807. The summed E-state index contributed by atoms with van der Waals surface area (Å²) in [6.45, 7) is 4.03. The van der Waals surface area contributed by atoms with Gasteiger partial charge in [0, 0.05) is 19.7 Å². The van der Waals surface area contributed by atoms with Gasteiger partial charge in [0.1, 0.15) is 5.92 Å². The van der Waals surface area contributed by atoms with E-state index in [1.165, 1.54) is 10.5 Å². The van der Waals surface area contributed by atoms with Crippen LogP contribution in [-0.4, -0.2) is 39.6 Å². The van der Waals surface area contributed by atoms with Crippen molar-refractivity contribution < 1.29 is 4.79 Å². The van der Waals surface area contributed by atoms with Crippen molar-refractivity contribution in [3.05, 3.63) is 41.6 Å². The molecule has 2 heterocycles. The van der Waals surface area contributed by atoms with Crippen molar-refractivity contribution in [1.29, 1.82) is 0 Å². The molecule has 1 aromatic heterocycles. The first-order valence-corrected chi connectivity index (χ1v) is 8.16. The third kappa shape index (κ3) is 2.68. The SMILES string of the molecule is CCc1cccc(-c2cc(C3C(=O)N(C)C(N)=N[C@H]3C)nn2C)c1. The first-order chi connectivity index (χ1) is 11.4. The third-order valence-corrected chi connectivity index (χ3v) is 4.61. The number of hydrogen-bond donors (Lipinski definition) is 1. The predicted molar refractivity (Wildman–Crippen MR) is 94.6 cm³/mol. The number of carbonyl (C=O) groups is 1. The topological polar surface area (TPSA) is 76.5 Å². The number of carbonyl (C=O) groups excluding carboxylic acids is 1. The number of rotatable bonds is 3. The van der Waals surface area contributed by atoms with Crippen LogP contribution in [0.1, 0.15) is 31.0 Å². The van der Waals surface area contributed by atoms with E-state index >= 15 is 0 Å². The Morgan fingerprint density at radius 1 is 1.25 bits per heavy atom. The molecule has 1 aliphatic rings. The number of amides is 1. The zero-order valence-electron chi connectivity index (χ0n) is 14.5. The van der Waals surface area contributed by atoms with Gasteiger partial charge in [0.25, 0.3) is 0 Å². The van der Waals surface area contributed by atoms with Gasteiger partial charge in [-0.15, -0.1) is 0 Å². The zero-order chi connectivity index (χ0) is 17.4. The van der Waals surface area contributed by atoms with Gasteiger partial charge in [0.2, 0.25) is 5.91 Å². The van der Waals surface area contributed by atoms with Gasteiger partial charge in [-0.2, -0.15) is 5.10 Å². The average molecular weight is 325 g/mol. The van der Waals surface area contributed by atoms with Gasteiger partial charge in [-0.1, -0.05) is 25.1 Å². The molecule has 1 unspecified atom stereocenters. The maximum atomic E-state index is 12.6. The highest BCUT2D eigenvalue weighted by molar-refractivity contribution is 6.01. The van der Waals surface area contributed by atoms with Crippen molar-refractivity contribution in [1.82, 2.24) is 14.7 Å². The molecule has 0 saturated heterocycles. The summed E-state index contributed by atoms with van der Waals surface area (Å²) in [6, 6.07) is 10.1. The van der Waals surface area contributed by atoms with Crippen LogP contribution >= 0.6 is 0 Å². The Morgan fingerprint density at radius 3 is 2.71 bits per heavy atom. The number of guanidine groups is 1. The number of aromatic nitrogens is 2. The van der Waals surface area contributed by atoms with E-state index in [0.717, 1.165) is 23.4 Å². The molecule has 1 amide bonds. The fraction of sp³-hybridized carbons (Fsp3) is 0.389. The molecule has 126 valence electrons. The predicted octanol–water partition coefficient (Wildman–Crippen LogP) is 1.91. The van der Waals surface area contributed by atoms with Crippen LogP contribution < -0.4 is 5.73 Å². The number of nitrogens with zero attached hydrogens (tertiary/aromatic N) is 4. The van der Waals surface area contributed by atoms with Gasteiger partial charge < -0.3 is 5.73 Å². The molecule has 2 atom stereocenters. The minimum absolute atomic E-state index is 0.0676. The number of aliphatic imine (C=N–C) groups is 1. The minimum Gasteiger partial charge on any atom is -0.369 e. The van der Waals surface area contributed by atoms with Gasteiger partial charge in [-0.3, -0.25) is 14.4 Å². The van der Waals surface area contributed by atoms with Crippen LogP contribution in [0.5, 0.6) is 0 Å². The highest BCUT2D eigenvalue weighted by Gasteiger charge is 2.36. The van der Waals surface area contributed by atoms with Crippen molar-refractivity contribution in [3.8, 4) is 11.3 Å². The quantitative estimate of drug-likeness (QED) is 0.936. The fourth-order valence-corrected chi connectivity index (χ4v) is 3.13. The second kappa shape index (κ2) is 6.11. The minimum atomic E-state index is -0.406. The molecule has 24 heavy (non-hydrogen) atoms. The summed E-state index contributed by atoms with van der Waals surface area (Å²) in [6.07, 6.45) is 0.982. The summed E-state index contributed by atoms with van der Waals surface area (Å²) in [7, 11) is 3.55. The van der Waals surface area contributed by atoms with Crippen molar-refractivity contribution in [2.45, 2.75) is 32.2 Å². The molecule has 6 nitrogen and oxygen atoms in total. The first-order valence-electron chi connectivity index (χ1n) is 8.16. The Kier molecular flexibility index (Phi) is 4.13. The van der Waals surface area contributed by atoms with Crippen molar-refractivity contribution in [2.75, 3.05) is 7.05 Å². The maximum Gasteiger partial charge on any atom is 0.240 e. The number of benzene rings is 1. The van der Waals surface area contributed by atoms with Crippen LogP contribution in [0.25, 0.3) is 11.3 Å². The van der Waals surface area contributed by atoms with E-state index in [1.807, 2.05) is 30.8 Å². The van der Waals surface area contributed by atoms with Crippen LogP contribution in [-0.2, 0) is 18.3 Å². The highest BCUT2D eigenvalue weighted by atomic mass is 16.2. The van der Waals surface area contributed by atoms with E-state index < -0.39 is 5.92 Å². The second-order valence-corrected chi connectivity index (χ2v) is 6.23. The number of aryl methyl sites for hydroxylation is 2. The summed E-state index contributed by atoms with van der Waals surface area (Å²) in [4.78, 5) is 18.4. The molecular weight excluding hydrogens is 302 g/mol. The monoisotopic (exact) mass is 325 g/mol. The Balaban J connectivity index is 2.01. The van der Waals surface area contributed by atoms with E-state index in [-0.39, 0.29) is 17.9 Å². The molecule has 1 aliphatic heterocycles. The second-order valence-electron chi connectivity index (χ2n) is 6.23. The fourth-order valence-electron chi connectivity index (χ4n) is 3.13. The van der Waals surface area contributed by atoms with Gasteiger partial charge in [0.05, 0.1) is 17.4 Å². The maximum absolute atomic E-state index is 12.6. The molecule has 0 bridgehead atoms. The molecule has 0 spiro atoms. The molecule has 0 saturated carbocycles. The summed E-state index contributed by atoms with van der Waals surface area (Å²) >= 11 is 0.